The van der Waals surface area contributed by atoms with E-state index in [9.17, 15) is 4.79 Å². The average Bonchev–Trinajstić information content (AvgIpc) is 2.43. The summed E-state index contributed by atoms with van der Waals surface area (Å²) in [6.07, 6.45) is 0. The van der Waals surface area contributed by atoms with E-state index in [-0.39, 0.29) is 12.0 Å². The largest absolute Gasteiger partial charge is 0.465 e. The number of likely N-dealkylation sites (N-methyl/N-ethyl adjacent to an activating group) is 1. The van der Waals surface area contributed by atoms with E-state index in [0.717, 1.165) is 6.54 Å². The number of nitrogens with one attached hydrogen (secondary N) is 1. The van der Waals surface area contributed by atoms with Crippen molar-refractivity contribution in [1.82, 2.24) is 10.2 Å². The van der Waals surface area contributed by atoms with Gasteiger partial charge in [-0.25, -0.2) is 0 Å². The monoisotopic (exact) mass is 290 g/mol. The molecule has 2 atom stereocenters. The van der Waals surface area contributed by atoms with E-state index in [2.05, 4.69) is 17.1 Å². The molecule has 1 N–H and O–H groups in total. The number of hydrogen-bond acceptors (Lipinski definition) is 6. The van der Waals surface area contributed by atoms with Gasteiger partial charge in [-0.2, -0.15) is 0 Å². The maximum absolute atomic E-state index is 12.1. The quantitative estimate of drug-likeness (QED) is 0.560. The van der Waals surface area contributed by atoms with Crippen LogP contribution in [0.5, 0.6) is 0 Å². The zero-order valence-electron chi connectivity index (χ0n) is 13.7. The highest BCUT2D eigenvalue weighted by Crippen LogP contribution is 2.12. The molecule has 0 radical (unpaired) electrons. The zero-order valence-corrected chi connectivity index (χ0v) is 13.7. The zero-order chi connectivity index (χ0) is 15.6. The molecule has 0 rings (SSSR count). The van der Waals surface area contributed by atoms with Crippen LogP contribution in [0.1, 0.15) is 20.8 Å². The van der Waals surface area contributed by atoms with Gasteiger partial charge in [0, 0.05) is 33.4 Å². The lowest BCUT2D eigenvalue weighted by Gasteiger charge is -2.36. The van der Waals surface area contributed by atoms with Crippen LogP contribution in [0.15, 0.2) is 0 Å². The Kier molecular flexibility index (Phi) is 9.75. The minimum Gasteiger partial charge on any atom is -0.465 e. The summed E-state index contributed by atoms with van der Waals surface area (Å²) in [5.74, 6) is -0.241. The summed E-state index contributed by atoms with van der Waals surface area (Å²) in [7, 11) is 5.11. The standard InChI is InChI=1S/C14H30N2O4/c1-7-20-13(17)14(3,15-4)11-16(8-9-18-5)12(2)10-19-6/h12,15H,7-11H2,1-6H3. The van der Waals surface area contributed by atoms with Crippen molar-refractivity contribution in [2.24, 2.45) is 0 Å². The van der Waals surface area contributed by atoms with Crippen LogP contribution in [0, 0.1) is 0 Å². The predicted molar refractivity (Wildman–Crippen MR) is 78.9 cm³/mol. The van der Waals surface area contributed by atoms with Crippen molar-refractivity contribution in [3.63, 3.8) is 0 Å². The highest BCUT2D eigenvalue weighted by atomic mass is 16.5. The Morgan fingerprint density at radius 3 is 2.45 bits per heavy atom. The summed E-state index contributed by atoms with van der Waals surface area (Å²) in [5.41, 5.74) is -0.744. The summed E-state index contributed by atoms with van der Waals surface area (Å²) in [4.78, 5) is 14.3. The van der Waals surface area contributed by atoms with Crippen molar-refractivity contribution in [1.29, 1.82) is 0 Å². The van der Waals surface area contributed by atoms with Gasteiger partial charge >= 0.3 is 5.97 Å². The Balaban J connectivity index is 4.83. The first-order valence-corrected chi connectivity index (χ1v) is 7.03. The fourth-order valence-electron chi connectivity index (χ4n) is 1.95. The van der Waals surface area contributed by atoms with Crippen LogP contribution in [-0.2, 0) is 19.0 Å². The second-order valence-corrected chi connectivity index (χ2v) is 5.07. The van der Waals surface area contributed by atoms with Crippen LogP contribution in [-0.4, -0.2) is 76.6 Å². The molecule has 0 amide bonds. The van der Waals surface area contributed by atoms with Crippen LogP contribution in [0.2, 0.25) is 0 Å². The van der Waals surface area contributed by atoms with Gasteiger partial charge in [-0.1, -0.05) is 0 Å². The summed E-state index contributed by atoms with van der Waals surface area (Å²) in [6.45, 7) is 8.59. The van der Waals surface area contributed by atoms with Crippen molar-refractivity contribution in [2.75, 3.05) is 54.2 Å². The van der Waals surface area contributed by atoms with Crippen molar-refractivity contribution < 1.29 is 19.0 Å². The van der Waals surface area contributed by atoms with Gasteiger partial charge in [-0.05, 0) is 27.8 Å². The van der Waals surface area contributed by atoms with Crippen LogP contribution in [0.25, 0.3) is 0 Å². The van der Waals surface area contributed by atoms with Crippen molar-refractivity contribution in [3.8, 4) is 0 Å². The predicted octanol–water partition coefficient (Wildman–Crippen LogP) is 0.511. The Labute approximate surface area is 122 Å². The normalized spacial score (nSPS) is 15.9. The van der Waals surface area contributed by atoms with Gasteiger partial charge in [0.2, 0.25) is 0 Å². The van der Waals surface area contributed by atoms with Crippen molar-refractivity contribution in [2.45, 2.75) is 32.4 Å². The first-order valence-electron chi connectivity index (χ1n) is 7.03. The third kappa shape index (κ3) is 6.17. The lowest BCUT2D eigenvalue weighted by molar-refractivity contribution is -0.151. The fraction of sp³-hybridized carbons (Fsp3) is 0.929. The third-order valence-electron chi connectivity index (χ3n) is 3.41. The molecule has 0 bridgehead atoms. The molecule has 0 aromatic carbocycles. The number of carbonyl (C=O) groups excluding carboxylic acids is 1. The van der Waals surface area contributed by atoms with E-state index in [0.29, 0.717) is 26.4 Å². The van der Waals surface area contributed by atoms with Crippen molar-refractivity contribution in [3.05, 3.63) is 0 Å². The van der Waals surface area contributed by atoms with E-state index < -0.39 is 5.54 Å². The van der Waals surface area contributed by atoms with Crippen LogP contribution in [0.3, 0.4) is 0 Å². The summed E-state index contributed by atoms with van der Waals surface area (Å²) >= 11 is 0. The number of methoxy groups -OCH3 is 2. The SMILES string of the molecule is CCOC(=O)C(C)(CN(CCOC)C(C)COC)NC. The van der Waals surface area contributed by atoms with Gasteiger partial charge in [0.25, 0.3) is 0 Å². The smallest absolute Gasteiger partial charge is 0.327 e. The Morgan fingerprint density at radius 1 is 1.35 bits per heavy atom. The number of rotatable bonds is 11. The molecule has 0 aromatic heterocycles. The number of esters is 1. The Morgan fingerprint density at radius 2 is 2.00 bits per heavy atom. The van der Waals surface area contributed by atoms with E-state index in [1.54, 1.807) is 21.3 Å². The van der Waals surface area contributed by atoms with Gasteiger partial charge in [-0.15, -0.1) is 0 Å². The second-order valence-electron chi connectivity index (χ2n) is 5.07. The molecule has 6 heteroatoms. The third-order valence-corrected chi connectivity index (χ3v) is 3.41. The molecule has 0 aliphatic heterocycles. The van der Waals surface area contributed by atoms with E-state index >= 15 is 0 Å². The number of nitrogens with zero attached hydrogens (tertiary/aromatic N) is 1. The summed E-state index contributed by atoms with van der Waals surface area (Å²) in [6, 6.07) is 0.192. The summed E-state index contributed by atoms with van der Waals surface area (Å²) < 4.78 is 15.5. The molecular weight excluding hydrogens is 260 g/mol. The number of hydrogen-bond donors (Lipinski definition) is 1. The number of ether oxygens (including phenoxy) is 3. The topological polar surface area (TPSA) is 60.0 Å². The van der Waals surface area contributed by atoms with Gasteiger partial charge in [0.15, 0.2) is 0 Å². The number of carbonyl (C=O) groups is 1. The molecule has 0 aliphatic rings. The van der Waals surface area contributed by atoms with Gasteiger partial charge in [0.05, 0.1) is 19.8 Å². The highest BCUT2D eigenvalue weighted by Gasteiger charge is 2.36. The molecule has 0 aromatic rings. The first kappa shape index (κ1) is 19.3. The molecular formula is C14H30N2O4. The Hall–Kier alpha value is -0.690. The lowest BCUT2D eigenvalue weighted by Crippen LogP contribution is -2.58. The van der Waals surface area contributed by atoms with E-state index in [1.165, 1.54) is 0 Å². The molecule has 0 saturated carbocycles. The lowest BCUT2D eigenvalue weighted by atomic mass is 10.0. The maximum atomic E-state index is 12.1. The van der Waals surface area contributed by atoms with Crippen molar-refractivity contribution >= 4 is 5.97 Å². The summed E-state index contributed by atoms with van der Waals surface area (Å²) in [5, 5.41) is 3.07. The van der Waals surface area contributed by atoms with Crippen LogP contribution in [0.4, 0.5) is 0 Å². The van der Waals surface area contributed by atoms with Gasteiger partial charge < -0.3 is 19.5 Å². The molecule has 2 unspecified atom stereocenters. The first-order chi connectivity index (χ1) is 9.45. The fourth-order valence-corrected chi connectivity index (χ4v) is 1.95. The maximum Gasteiger partial charge on any atom is 0.327 e. The molecule has 6 nitrogen and oxygen atoms in total. The van der Waals surface area contributed by atoms with E-state index in [1.807, 2.05) is 13.8 Å². The van der Waals surface area contributed by atoms with E-state index in [4.69, 9.17) is 14.2 Å². The molecule has 0 aliphatic carbocycles. The average molecular weight is 290 g/mol. The molecule has 120 valence electrons. The Bertz CT molecular complexity index is 276. The molecule has 0 fully saturated rings. The van der Waals surface area contributed by atoms with Crippen LogP contribution >= 0.6 is 0 Å². The molecule has 20 heavy (non-hydrogen) atoms. The molecule has 0 saturated heterocycles. The second kappa shape index (κ2) is 10.1. The molecule has 0 heterocycles. The molecule has 0 spiro atoms. The minimum absolute atomic E-state index is 0.192. The van der Waals surface area contributed by atoms with Crippen LogP contribution < -0.4 is 5.32 Å². The van der Waals surface area contributed by atoms with Gasteiger partial charge in [-0.3, -0.25) is 9.69 Å². The minimum atomic E-state index is -0.744. The highest BCUT2D eigenvalue weighted by molar-refractivity contribution is 5.80. The van der Waals surface area contributed by atoms with Gasteiger partial charge in [0.1, 0.15) is 5.54 Å².